The second-order valence-electron chi connectivity index (χ2n) is 3.79. The predicted molar refractivity (Wildman–Crippen MR) is 85.4 cm³/mol. The van der Waals surface area contributed by atoms with E-state index in [0.717, 1.165) is 11.3 Å². The average molecular weight is 366 g/mol. The van der Waals surface area contributed by atoms with Crippen LogP contribution < -0.4 is 10.6 Å². The quantitative estimate of drug-likeness (QED) is 0.666. The zero-order chi connectivity index (χ0) is 15.6. The molecule has 2 amide bonds. The first-order valence-corrected chi connectivity index (χ1v) is 7.43. The van der Waals surface area contributed by atoms with Crippen molar-refractivity contribution in [3.8, 4) is 0 Å². The molecule has 0 unspecified atom stereocenters. The summed E-state index contributed by atoms with van der Waals surface area (Å²) in [7, 11) is 0. The van der Waals surface area contributed by atoms with Crippen LogP contribution in [0, 0.1) is 0 Å². The van der Waals surface area contributed by atoms with E-state index in [2.05, 4.69) is 10.6 Å². The third-order valence-electron chi connectivity index (χ3n) is 2.38. The summed E-state index contributed by atoms with van der Waals surface area (Å²) in [5.74, 6) is -1.13. The number of halogens is 3. The minimum Gasteiger partial charge on any atom is -0.478 e. The molecule has 2 rings (SSSR count). The standard InChI is InChI=1S/C12H7Cl3N2O3S/c13-6-3-8(15)9(4-7(6)14)16-12(20)17-10-5(11(18)19)1-2-21-10/h1-4H,(H,18,19)(H2,16,17,20). The SMILES string of the molecule is O=C(Nc1cc(Cl)c(Cl)cc1Cl)Nc1sccc1C(=O)O. The maximum Gasteiger partial charge on any atom is 0.338 e. The molecule has 0 fully saturated rings. The van der Waals surface area contributed by atoms with Gasteiger partial charge in [0.1, 0.15) is 5.00 Å². The van der Waals surface area contributed by atoms with Crippen molar-refractivity contribution in [2.24, 2.45) is 0 Å². The van der Waals surface area contributed by atoms with E-state index in [9.17, 15) is 9.59 Å². The number of aromatic carboxylic acids is 1. The van der Waals surface area contributed by atoms with Gasteiger partial charge in [-0.3, -0.25) is 5.32 Å². The molecular formula is C12H7Cl3N2O3S. The highest BCUT2D eigenvalue weighted by molar-refractivity contribution is 7.14. The van der Waals surface area contributed by atoms with Gasteiger partial charge < -0.3 is 10.4 Å². The van der Waals surface area contributed by atoms with Crippen LogP contribution in [0.5, 0.6) is 0 Å². The molecule has 0 aliphatic rings. The summed E-state index contributed by atoms with van der Waals surface area (Å²) in [6.07, 6.45) is 0. The molecule has 0 aliphatic carbocycles. The van der Waals surface area contributed by atoms with Gasteiger partial charge in [0.2, 0.25) is 0 Å². The van der Waals surface area contributed by atoms with Crippen LogP contribution in [-0.4, -0.2) is 17.1 Å². The Morgan fingerprint density at radius 1 is 1.05 bits per heavy atom. The van der Waals surface area contributed by atoms with Gasteiger partial charge in [-0.15, -0.1) is 11.3 Å². The number of carbonyl (C=O) groups excluding carboxylic acids is 1. The Balaban J connectivity index is 2.14. The van der Waals surface area contributed by atoms with E-state index >= 15 is 0 Å². The second kappa shape index (κ2) is 6.53. The number of carbonyl (C=O) groups is 2. The van der Waals surface area contributed by atoms with Crippen LogP contribution in [0.4, 0.5) is 15.5 Å². The van der Waals surface area contributed by atoms with E-state index in [1.807, 2.05) is 0 Å². The van der Waals surface area contributed by atoms with Crippen LogP contribution in [-0.2, 0) is 0 Å². The Kier molecular flexibility index (Phi) is 4.95. The molecule has 0 bridgehead atoms. The molecule has 9 heteroatoms. The summed E-state index contributed by atoms with van der Waals surface area (Å²) >= 11 is 18.7. The van der Waals surface area contributed by atoms with E-state index in [0.29, 0.717) is 0 Å². The van der Waals surface area contributed by atoms with Crippen molar-refractivity contribution in [3.63, 3.8) is 0 Å². The summed E-state index contributed by atoms with van der Waals surface area (Å²) in [5.41, 5.74) is 0.271. The maximum atomic E-state index is 11.9. The lowest BCUT2D eigenvalue weighted by Gasteiger charge is -2.09. The lowest BCUT2D eigenvalue weighted by molar-refractivity contribution is 0.0698. The highest BCUT2D eigenvalue weighted by atomic mass is 35.5. The van der Waals surface area contributed by atoms with Crippen molar-refractivity contribution in [2.45, 2.75) is 0 Å². The Morgan fingerprint density at radius 3 is 2.38 bits per heavy atom. The van der Waals surface area contributed by atoms with Crippen LogP contribution in [0.15, 0.2) is 23.6 Å². The Morgan fingerprint density at radius 2 is 1.71 bits per heavy atom. The number of rotatable bonds is 3. The average Bonchev–Trinajstić information content (AvgIpc) is 2.84. The molecule has 1 aromatic heterocycles. The van der Waals surface area contributed by atoms with Gasteiger partial charge in [0, 0.05) is 0 Å². The molecular weight excluding hydrogens is 359 g/mol. The third-order valence-corrected chi connectivity index (χ3v) is 4.25. The van der Waals surface area contributed by atoms with Gasteiger partial charge in [0.05, 0.1) is 26.3 Å². The van der Waals surface area contributed by atoms with Crippen LogP contribution >= 0.6 is 46.1 Å². The van der Waals surface area contributed by atoms with Crippen molar-refractivity contribution < 1.29 is 14.7 Å². The normalized spacial score (nSPS) is 10.2. The molecule has 0 aliphatic heterocycles. The van der Waals surface area contributed by atoms with Crippen LogP contribution in [0.3, 0.4) is 0 Å². The molecule has 2 aromatic rings. The topological polar surface area (TPSA) is 78.4 Å². The molecule has 1 heterocycles. The van der Waals surface area contributed by atoms with E-state index in [1.54, 1.807) is 5.38 Å². The molecule has 0 spiro atoms. The zero-order valence-corrected chi connectivity index (χ0v) is 13.2. The Labute approximate surface area is 138 Å². The van der Waals surface area contributed by atoms with Gasteiger partial charge in [-0.25, -0.2) is 9.59 Å². The molecule has 0 radical (unpaired) electrons. The van der Waals surface area contributed by atoms with Crippen molar-refractivity contribution in [1.82, 2.24) is 0 Å². The van der Waals surface area contributed by atoms with Crippen molar-refractivity contribution in [1.29, 1.82) is 0 Å². The first-order valence-electron chi connectivity index (χ1n) is 5.42. The van der Waals surface area contributed by atoms with Gasteiger partial charge in [0.15, 0.2) is 0 Å². The fraction of sp³-hybridized carbons (Fsp3) is 0. The number of benzene rings is 1. The molecule has 0 saturated carbocycles. The molecule has 1 aromatic carbocycles. The zero-order valence-electron chi connectivity index (χ0n) is 10.1. The number of hydrogen-bond donors (Lipinski definition) is 3. The first kappa shape index (κ1) is 15.9. The molecule has 110 valence electrons. The van der Waals surface area contributed by atoms with E-state index in [1.165, 1.54) is 18.2 Å². The minimum atomic E-state index is -1.13. The molecule has 3 N–H and O–H groups in total. The number of anilines is 2. The van der Waals surface area contributed by atoms with Crippen molar-refractivity contribution in [2.75, 3.05) is 10.6 Å². The smallest absolute Gasteiger partial charge is 0.338 e. The molecule has 5 nitrogen and oxygen atoms in total. The van der Waals surface area contributed by atoms with Crippen LogP contribution in [0.25, 0.3) is 0 Å². The van der Waals surface area contributed by atoms with Crippen molar-refractivity contribution >= 4 is 68.8 Å². The van der Waals surface area contributed by atoms with Crippen molar-refractivity contribution in [3.05, 3.63) is 44.2 Å². The predicted octanol–water partition coefficient (Wildman–Crippen LogP) is 5.05. The summed E-state index contributed by atoms with van der Waals surface area (Å²) in [6, 6.07) is 3.56. The lowest BCUT2D eigenvalue weighted by Crippen LogP contribution is -2.20. The minimum absolute atomic E-state index is 0.00962. The van der Waals surface area contributed by atoms with E-state index in [-0.39, 0.29) is 31.3 Å². The largest absolute Gasteiger partial charge is 0.478 e. The summed E-state index contributed by atoms with van der Waals surface area (Å²) < 4.78 is 0. The number of urea groups is 1. The first-order chi connectivity index (χ1) is 9.88. The Hall–Kier alpha value is -1.47. The lowest BCUT2D eigenvalue weighted by atomic mass is 10.3. The highest BCUT2D eigenvalue weighted by Gasteiger charge is 2.15. The van der Waals surface area contributed by atoms with Crippen LogP contribution in [0.2, 0.25) is 15.1 Å². The summed E-state index contributed by atoms with van der Waals surface area (Å²) in [6.45, 7) is 0. The molecule has 0 atom stereocenters. The summed E-state index contributed by atoms with van der Waals surface area (Å²) in [5, 5.41) is 16.3. The number of nitrogens with one attached hydrogen (secondary N) is 2. The number of amides is 2. The fourth-order valence-corrected chi connectivity index (χ4v) is 2.82. The monoisotopic (exact) mass is 364 g/mol. The van der Waals surface area contributed by atoms with E-state index < -0.39 is 12.0 Å². The van der Waals surface area contributed by atoms with Gasteiger partial charge in [-0.05, 0) is 23.6 Å². The maximum absolute atomic E-state index is 11.9. The molecule has 21 heavy (non-hydrogen) atoms. The van der Waals surface area contributed by atoms with Gasteiger partial charge >= 0.3 is 12.0 Å². The van der Waals surface area contributed by atoms with Gasteiger partial charge in [-0.2, -0.15) is 0 Å². The number of thiophene rings is 1. The third kappa shape index (κ3) is 3.79. The number of hydrogen-bond acceptors (Lipinski definition) is 3. The number of carboxylic acid groups (broad SMARTS) is 1. The molecule has 0 saturated heterocycles. The van der Waals surface area contributed by atoms with Gasteiger partial charge in [-0.1, -0.05) is 34.8 Å². The Bertz CT molecular complexity index is 718. The number of carboxylic acids is 1. The summed E-state index contributed by atoms with van der Waals surface area (Å²) in [4.78, 5) is 22.8. The van der Waals surface area contributed by atoms with Crippen LogP contribution in [0.1, 0.15) is 10.4 Å². The highest BCUT2D eigenvalue weighted by Crippen LogP contribution is 2.32. The van der Waals surface area contributed by atoms with E-state index in [4.69, 9.17) is 39.9 Å². The second-order valence-corrected chi connectivity index (χ2v) is 5.93. The fourth-order valence-electron chi connectivity index (χ4n) is 1.45. The van der Waals surface area contributed by atoms with Gasteiger partial charge in [0.25, 0.3) is 0 Å².